The summed E-state index contributed by atoms with van der Waals surface area (Å²) in [5.41, 5.74) is 2.13. The molecule has 0 radical (unpaired) electrons. The minimum atomic E-state index is -0.411. The van der Waals surface area contributed by atoms with E-state index in [-0.39, 0.29) is 0 Å². The van der Waals surface area contributed by atoms with Gasteiger partial charge in [-0.15, -0.1) is 0 Å². The third-order valence-electron chi connectivity index (χ3n) is 2.96. The molecule has 0 bridgehead atoms. The quantitative estimate of drug-likeness (QED) is 0.799. The highest BCUT2D eigenvalue weighted by Gasteiger charge is 2.08. The highest BCUT2D eigenvalue weighted by atomic mass is 79.9. The van der Waals surface area contributed by atoms with Crippen LogP contribution in [0.25, 0.3) is 0 Å². The molecular weight excluding hydrogens is 278 g/mol. The molecule has 0 spiro atoms. The van der Waals surface area contributed by atoms with Gasteiger partial charge in [-0.3, -0.25) is 0 Å². The van der Waals surface area contributed by atoms with Gasteiger partial charge >= 0.3 is 0 Å². The number of rotatable bonds is 6. The summed E-state index contributed by atoms with van der Waals surface area (Å²) in [7, 11) is 2.11. The van der Waals surface area contributed by atoms with E-state index in [4.69, 9.17) is 0 Å². The van der Waals surface area contributed by atoms with Crippen molar-refractivity contribution in [1.82, 2.24) is 0 Å². The highest BCUT2D eigenvalue weighted by Crippen LogP contribution is 2.28. The summed E-state index contributed by atoms with van der Waals surface area (Å²) in [6.45, 7) is 5.07. The Kier molecular flexibility index (Phi) is 6.00. The first kappa shape index (κ1) is 14.5. The number of aliphatic hydroxyl groups excluding tert-OH is 1. The number of halogens is 1. The molecule has 0 saturated carbocycles. The third kappa shape index (κ3) is 4.32. The smallest absolute Gasteiger partial charge is 0.0762 e. The van der Waals surface area contributed by atoms with Gasteiger partial charge in [0.2, 0.25) is 0 Å². The molecule has 0 aliphatic heterocycles. The lowest BCUT2D eigenvalue weighted by molar-refractivity contribution is 0.199. The van der Waals surface area contributed by atoms with Crippen LogP contribution in [0.15, 0.2) is 22.7 Å². The second-order valence-electron chi connectivity index (χ2n) is 4.52. The molecule has 1 atom stereocenters. The normalized spacial score (nSPS) is 12.5. The van der Waals surface area contributed by atoms with Crippen LogP contribution in [0.5, 0.6) is 0 Å². The van der Waals surface area contributed by atoms with E-state index in [0.29, 0.717) is 0 Å². The van der Waals surface area contributed by atoms with Crippen molar-refractivity contribution in [1.29, 1.82) is 0 Å². The number of benzene rings is 1. The highest BCUT2D eigenvalue weighted by molar-refractivity contribution is 9.10. The number of anilines is 1. The Morgan fingerprint density at radius 1 is 1.35 bits per heavy atom. The molecule has 1 aromatic rings. The summed E-state index contributed by atoms with van der Waals surface area (Å²) < 4.78 is 1.05. The Morgan fingerprint density at radius 3 is 2.59 bits per heavy atom. The first-order valence-electron chi connectivity index (χ1n) is 6.25. The van der Waals surface area contributed by atoms with E-state index >= 15 is 0 Å². The van der Waals surface area contributed by atoms with Crippen LogP contribution in [0.1, 0.15) is 44.8 Å². The zero-order valence-corrected chi connectivity index (χ0v) is 12.5. The first-order valence-corrected chi connectivity index (χ1v) is 7.04. The van der Waals surface area contributed by atoms with Crippen molar-refractivity contribution in [2.24, 2.45) is 0 Å². The van der Waals surface area contributed by atoms with Crippen molar-refractivity contribution in [2.45, 2.75) is 39.2 Å². The fraction of sp³-hybridized carbons (Fsp3) is 0.571. The SMILES string of the molecule is CCCCCN(C)c1ccc([C@@H](C)O)cc1Br. The molecule has 0 aromatic heterocycles. The number of aliphatic hydroxyl groups is 1. The number of hydrogen-bond donors (Lipinski definition) is 1. The predicted octanol–water partition coefficient (Wildman–Crippen LogP) is 4.13. The fourth-order valence-electron chi connectivity index (χ4n) is 1.81. The van der Waals surface area contributed by atoms with Crippen LogP contribution >= 0.6 is 15.9 Å². The Morgan fingerprint density at radius 2 is 2.06 bits per heavy atom. The maximum absolute atomic E-state index is 9.52. The maximum Gasteiger partial charge on any atom is 0.0762 e. The van der Waals surface area contributed by atoms with Crippen LogP contribution in [-0.4, -0.2) is 18.7 Å². The summed E-state index contributed by atoms with van der Waals surface area (Å²) in [6.07, 6.45) is 3.33. The molecular formula is C14H22BrNO. The Labute approximate surface area is 113 Å². The summed E-state index contributed by atoms with van der Waals surface area (Å²) in [5.74, 6) is 0. The molecule has 17 heavy (non-hydrogen) atoms. The van der Waals surface area contributed by atoms with Gasteiger partial charge in [-0.2, -0.15) is 0 Å². The Balaban J connectivity index is 2.70. The molecule has 1 rings (SSSR count). The van der Waals surface area contributed by atoms with Gasteiger partial charge in [0, 0.05) is 18.1 Å². The van der Waals surface area contributed by atoms with Crippen molar-refractivity contribution < 1.29 is 5.11 Å². The van der Waals surface area contributed by atoms with E-state index < -0.39 is 6.10 Å². The molecule has 0 amide bonds. The summed E-state index contributed by atoms with van der Waals surface area (Å²) >= 11 is 3.57. The lowest BCUT2D eigenvalue weighted by Crippen LogP contribution is -2.18. The molecule has 1 aromatic carbocycles. The molecule has 0 unspecified atom stereocenters. The van der Waals surface area contributed by atoms with Gasteiger partial charge in [0.15, 0.2) is 0 Å². The average molecular weight is 300 g/mol. The molecule has 0 heterocycles. The van der Waals surface area contributed by atoms with Crippen molar-refractivity contribution >= 4 is 21.6 Å². The molecule has 96 valence electrons. The number of unbranched alkanes of at least 4 members (excludes halogenated alkanes) is 2. The minimum absolute atomic E-state index is 0.411. The van der Waals surface area contributed by atoms with E-state index in [1.807, 2.05) is 12.1 Å². The zero-order chi connectivity index (χ0) is 12.8. The van der Waals surface area contributed by atoms with Crippen molar-refractivity contribution in [3.63, 3.8) is 0 Å². The lowest BCUT2D eigenvalue weighted by Gasteiger charge is -2.21. The summed E-state index contributed by atoms with van der Waals surface area (Å²) in [4.78, 5) is 2.26. The molecule has 0 aliphatic rings. The molecule has 0 aliphatic carbocycles. The van der Waals surface area contributed by atoms with Gasteiger partial charge in [0.25, 0.3) is 0 Å². The molecule has 0 saturated heterocycles. The van der Waals surface area contributed by atoms with E-state index in [1.165, 1.54) is 24.9 Å². The Hall–Kier alpha value is -0.540. The van der Waals surface area contributed by atoms with E-state index in [0.717, 1.165) is 16.6 Å². The topological polar surface area (TPSA) is 23.5 Å². The summed E-state index contributed by atoms with van der Waals surface area (Å²) in [6, 6.07) is 6.05. The zero-order valence-electron chi connectivity index (χ0n) is 10.9. The number of hydrogen-bond acceptors (Lipinski definition) is 2. The van der Waals surface area contributed by atoms with Crippen LogP contribution in [0, 0.1) is 0 Å². The van der Waals surface area contributed by atoms with Crippen LogP contribution in [0.2, 0.25) is 0 Å². The van der Waals surface area contributed by atoms with Gasteiger partial charge in [-0.05, 0) is 47.0 Å². The van der Waals surface area contributed by atoms with E-state index in [2.05, 4.69) is 40.9 Å². The third-order valence-corrected chi connectivity index (χ3v) is 3.60. The molecule has 2 nitrogen and oxygen atoms in total. The fourth-order valence-corrected chi connectivity index (χ4v) is 2.51. The van der Waals surface area contributed by atoms with E-state index in [9.17, 15) is 5.11 Å². The second kappa shape index (κ2) is 7.02. The number of nitrogens with zero attached hydrogens (tertiary/aromatic N) is 1. The van der Waals surface area contributed by atoms with Crippen molar-refractivity contribution in [2.75, 3.05) is 18.5 Å². The Bertz CT molecular complexity index is 352. The standard InChI is InChI=1S/C14H22BrNO/c1-4-5-6-9-16(3)14-8-7-12(11(2)17)10-13(14)15/h7-8,10-11,17H,4-6,9H2,1-3H3/t11-/m1/s1. The second-order valence-corrected chi connectivity index (χ2v) is 5.37. The van der Waals surface area contributed by atoms with Gasteiger partial charge in [-0.25, -0.2) is 0 Å². The van der Waals surface area contributed by atoms with Crippen LogP contribution in [-0.2, 0) is 0 Å². The predicted molar refractivity (Wildman–Crippen MR) is 77.6 cm³/mol. The van der Waals surface area contributed by atoms with Crippen LogP contribution in [0.3, 0.4) is 0 Å². The lowest BCUT2D eigenvalue weighted by atomic mass is 10.1. The largest absolute Gasteiger partial charge is 0.389 e. The molecule has 3 heteroatoms. The molecule has 1 N–H and O–H groups in total. The monoisotopic (exact) mass is 299 g/mol. The van der Waals surface area contributed by atoms with Crippen LogP contribution in [0.4, 0.5) is 5.69 Å². The van der Waals surface area contributed by atoms with Gasteiger partial charge in [0.05, 0.1) is 11.8 Å². The van der Waals surface area contributed by atoms with Crippen LogP contribution < -0.4 is 4.90 Å². The average Bonchev–Trinajstić information content (AvgIpc) is 2.28. The van der Waals surface area contributed by atoms with Gasteiger partial charge < -0.3 is 10.0 Å². The van der Waals surface area contributed by atoms with Gasteiger partial charge in [0.1, 0.15) is 0 Å². The van der Waals surface area contributed by atoms with Crippen molar-refractivity contribution in [3.05, 3.63) is 28.2 Å². The maximum atomic E-state index is 9.52. The molecule has 0 fully saturated rings. The van der Waals surface area contributed by atoms with Crippen molar-refractivity contribution in [3.8, 4) is 0 Å². The first-order chi connectivity index (χ1) is 8.06. The minimum Gasteiger partial charge on any atom is -0.389 e. The summed E-state index contributed by atoms with van der Waals surface area (Å²) in [5, 5.41) is 9.52. The van der Waals surface area contributed by atoms with E-state index in [1.54, 1.807) is 6.92 Å². The van der Waals surface area contributed by atoms with Gasteiger partial charge in [-0.1, -0.05) is 25.8 Å².